The average molecular weight is 249 g/mol. The summed E-state index contributed by atoms with van der Waals surface area (Å²) >= 11 is 1.68. The van der Waals surface area contributed by atoms with Gasteiger partial charge in [0.05, 0.1) is 5.69 Å². The molecule has 0 bridgehead atoms. The van der Waals surface area contributed by atoms with Gasteiger partial charge < -0.3 is 0 Å². The van der Waals surface area contributed by atoms with Gasteiger partial charge in [-0.2, -0.15) is 0 Å². The number of aromatic nitrogens is 3. The SMILES string of the molecule is CC(C)Cn1nnc(C=O)c1Cc1cccs1. The molecule has 0 unspecified atom stereocenters. The summed E-state index contributed by atoms with van der Waals surface area (Å²) in [6.07, 6.45) is 1.51. The maximum absolute atomic E-state index is 10.9. The molecule has 0 fully saturated rings. The van der Waals surface area contributed by atoms with Gasteiger partial charge in [0.25, 0.3) is 0 Å². The molecule has 0 radical (unpaired) electrons. The number of hydrogen-bond acceptors (Lipinski definition) is 4. The highest BCUT2D eigenvalue weighted by atomic mass is 32.1. The Bertz CT molecular complexity index is 488. The third-order valence-corrected chi connectivity index (χ3v) is 3.32. The third-order valence-electron chi connectivity index (χ3n) is 2.44. The van der Waals surface area contributed by atoms with Gasteiger partial charge in [-0.1, -0.05) is 25.1 Å². The van der Waals surface area contributed by atoms with Gasteiger partial charge in [0.2, 0.25) is 0 Å². The van der Waals surface area contributed by atoms with E-state index in [0.717, 1.165) is 24.9 Å². The van der Waals surface area contributed by atoms with Gasteiger partial charge in [0.15, 0.2) is 6.29 Å². The van der Waals surface area contributed by atoms with E-state index >= 15 is 0 Å². The second kappa shape index (κ2) is 5.23. The fourth-order valence-corrected chi connectivity index (χ4v) is 2.40. The predicted molar refractivity (Wildman–Crippen MR) is 67.4 cm³/mol. The van der Waals surface area contributed by atoms with Crippen LogP contribution in [0.3, 0.4) is 0 Å². The maximum Gasteiger partial charge on any atom is 0.172 e. The van der Waals surface area contributed by atoms with Crippen LogP contribution in [0.2, 0.25) is 0 Å². The molecular weight excluding hydrogens is 234 g/mol. The van der Waals surface area contributed by atoms with Crippen LogP contribution in [-0.2, 0) is 13.0 Å². The topological polar surface area (TPSA) is 47.8 Å². The summed E-state index contributed by atoms with van der Waals surface area (Å²) in [5.74, 6) is 0.485. The van der Waals surface area contributed by atoms with Gasteiger partial charge in [-0.15, -0.1) is 16.4 Å². The zero-order valence-electron chi connectivity index (χ0n) is 9.96. The van der Waals surface area contributed by atoms with E-state index in [4.69, 9.17) is 0 Å². The highest BCUT2D eigenvalue weighted by Crippen LogP contribution is 2.16. The normalized spacial score (nSPS) is 11.0. The van der Waals surface area contributed by atoms with Crippen molar-refractivity contribution in [2.24, 2.45) is 5.92 Å². The Hall–Kier alpha value is -1.49. The summed E-state index contributed by atoms with van der Waals surface area (Å²) in [6.45, 7) is 5.04. The highest BCUT2D eigenvalue weighted by Gasteiger charge is 2.14. The third kappa shape index (κ3) is 2.79. The molecule has 0 saturated carbocycles. The van der Waals surface area contributed by atoms with Gasteiger partial charge in [0.1, 0.15) is 5.69 Å². The summed E-state index contributed by atoms with van der Waals surface area (Å²) in [5.41, 5.74) is 1.37. The van der Waals surface area contributed by atoms with Gasteiger partial charge in [-0.25, -0.2) is 4.68 Å². The second-order valence-electron chi connectivity index (χ2n) is 4.37. The Balaban J connectivity index is 2.28. The number of nitrogens with zero attached hydrogens (tertiary/aromatic N) is 3. The Labute approximate surface area is 104 Å². The van der Waals surface area contributed by atoms with Crippen molar-refractivity contribution in [1.82, 2.24) is 15.0 Å². The van der Waals surface area contributed by atoms with E-state index in [-0.39, 0.29) is 0 Å². The first kappa shape index (κ1) is 12.0. The fraction of sp³-hybridized carbons (Fsp3) is 0.417. The minimum absolute atomic E-state index is 0.457. The molecule has 0 amide bonds. The van der Waals surface area contributed by atoms with Crippen molar-refractivity contribution in [3.8, 4) is 0 Å². The molecule has 0 aliphatic rings. The molecule has 90 valence electrons. The molecule has 2 aromatic rings. The van der Waals surface area contributed by atoms with Crippen LogP contribution < -0.4 is 0 Å². The molecule has 2 rings (SSSR count). The van der Waals surface area contributed by atoms with Crippen molar-refractivity contribution in [2.75, 3.05) is 0 Å². The van der Waals surface area contributed by atoms with Crippen LogP contribution in [0.4, 0.5) is 0 Å². The Morgan fingerprint density at radius 3 is 2.94 bits per heavy atom. The van der Waals surface area contributed by atoms with Gasteiger partial charge in [0, 0.05) is 17.8 Å². The van der Waals surface area contributed by atoms with Crippen LogP contribution >= 0.6 is 11.3 Å². The quantitative estimate of drug-likeness (QED) is 0.764. The molecule has 5 heteroatoms. The van der Waals surface area contributed by atoms with Crippen LogP contribution in [0.15, 0.2) is 17.5 Å². The van der Waals surface area contributed by atoms with Gasteiger partial charge in [-0.05, 0) is 17.4 Å². The molecule has 2 aromatic heterocycles. The maximum atomic E-state index is 10.9. The predicted octanol–water partition coefficient (Wildman–Crippen LogP) is 2.40. The smallest absolute Gasteiger partial charge is 0.172 e. The van der Waals surface area contributed by atoms with Crippen LogP contribution in [0.1, 0.15) is 34.9 Å². The van der Waals surface area contributed by atoms with Gasteiger partial charge >= 0.3 is 0 Å². The van der Waals surface area contributed by atoms with E-state index in [9.17, 15) is 4.79 Å². The molecule has 0 N–H and O–H groups in total. The van der Waals surface area contributed by atoms with E-state index in [0.29, 0.717) is 11.6 Å². The molecule has 0 saturated heterocycles. The van der Waals surface area contributed by atoms with Crippen LogP contribution in [0.5, 0.6) is 0 Å². The van der Waals surface area contributed by atoms with E-state index in [1.807, 2.05) is 16.1 Å². The number of carbonyl (C=O) groups is 1. The standard InChI is InChI=1S/C12H15N3OS/c1-9(2)7-15-12(11(8-16)13-14-15)6-10-4-3-5-17-10/h3-5,8-9H,6-7H2,1-2H3. The summed E-state index contributed by atoms with van der Waals surface area (Å²) in [6, 6.07) is 4.07. The van der Waals surface area contributed by atoms with Crippen LogP contribution in [-0.4, -0.2) is 21.3 Å². The van der Waals surface area contributed by atoms with Crippen molar-refractivity contribution in [3.63, 3.8) is 0 Å². The molecule has 17 heavy (non-hydrogen) atoms. The molecule has 0 aliphatic heterocycles. The zero-order chi connectivity index (χ0) is 12.3. The summed E-state index contributed by atoms with van der Waals surface area (Å²) in [4.78, 5) is 12.2. The van der Waals surface area contributed by atoms with Crippen molar-refractivity contribution >= 4 is 17.6 Å². The van der Waals surface area contributed by atoms with Crippen molar-refractivity contribution in [2.45, 2.75) is 26.8 Å². The van der Waals surface area contributed by atoms with Crippen molar-refractivity contribution in [3.05, 3.63) is 33.8 Å². The molecular formula is C12H15N3OS. The highest BCUT2D eigenvalue weighted by molar-refractivity contribution is 7.09. The van der Waals surface area contributed by atoms with Crippen molar-refractivity contribution < 1.29 is 4.79 Å². The molecule has 0 aliphatic carbocycles. The Kier molecular flexibility index (Phi) is 3.68. The minimum Gasteiger partial charge on any atom is -0.296 e. The Morgan fingerprint density at radius 2 is 2.35 bits per heavy atom. The lowest BCUT2D eigenvalue weighted by molar-refractivity contribution is 0.111. The van der Waals surface area contributed by atoms with E-state index in [1.165, 1.54) is 4.88 Å². The summed E-state index contributed by atoms with van der Waals surface area (Å²) < 4.78 is 1.84. The number of hydrogen-bond donors (Lipinski definition) is 0. The molecule has 0 spiro atoms. The number of carbonyl (C=O) groups excluding carboxylic acids is 1. The minimum atomic E-state index is 0.457. The van der Waals surface area contributed by atoms with Crippen molar-refractivity contribution in [1.29, 1.82) is 0 Å². The lowest BCUT2D eigenvalue weighted by Gasteiger charge is -2.08. The number of aldehydes is 1. The molecule has 4 nitrogen and oxygen atoms in total. The molecule has 2 heterocycles. The Morgan fingerprint density at radius 1 is 1.53 bits per heavy atom. The molecule has 0 atom stereocenters. The van der Waals surface area contributed by atoms with Crippen LogP contribution in [0.25, 0.3) is 0 Å². The molecule has 0 aromatic carbocycles. The first-order chi connectivity index (χ1) is 8.20. The van der Waals surface area contributed by atoms with E-state index in [2.05, 4.69) is 30.2 Å². The van der Waals surface area contributed by atoms with Gasteiger partial charge in [-0.3, -0.25) is 4.79 Å². The number of thiophene rings is 1. The summed E-state index contributed by atoms with van der Waals surface area (Å²) in [7, 11) is 0. The van der Waals surface area contributed by atoms with E-state index in [1.54, 1.807) is 11.3 Å². The summed E-state index contributed by atoms with van der Waals surface area (Å²) in [5, 5.41) is 10.00. The number of rotatable bonds is 5. The lowest BCUT2D eigenvalue weighted by atomic mass is 10.2. The largest absolute Gasteiger partial charge is 0.296 e. The lowest BCUT2D eigenvalue weighted by Crippen LogP contribution is -2.10. The monoisotopic (exact) mass is 249 g/mol. The first-order valence-corrected chi connectivity index (χ1v) is 6.48. The fourth-order valence-electron chi connectivity index (χ4n) is 1.69. The second-order valence-corrected chi connectivity index (χ2v) is 5.40. The van der Waals surface area contributed by atoms with E-state index < -0.39 is 0 Å². The first-order valence-electron chi connectivity index (χ1n) is 5.60. The van der Waals surface area contributed by atoms with Crippen LogP contribution in [0, 0.1) is 5.92 Å². The average Bonchev–Trinajstić information content (AvgIpc) is 2.90. The zero-order valence-corrected chi connectivity index (χ0v) is 10.8.